The largest absolute Gasteiger partial charge is 0.490 e. The fourth-order valence-electron chi connectivity index (χ4n) is 8.20. The molecule has 3 aromatic rings. The summed E-state index contributed by atoms with van der Waals surface area (Å²) in [6.45, 7) is 5.48. The van der Waals surface area contributed by atoms with E-state index in [0.29, 0.717) is 30.9 Å². The smallest absolute Gasteiger partial charge is 0.264 e. The summed E-state index contributed by atoms with van der Waals surface area (Å²) < 4.78 is 42.3. The van der Waals surface area contributed by atoms with Gasteiger partial charge >= 0.3 is 0 Å². The maximum Gasteiger partial charge on any atom is 0.264 e. The Balaban J connectivity index is 1.35. The van der Waals surface area contributed by atoms with E-state index in [4.69, 9.17) is 26.1 Å². The van der Waals surface area contributed by atoms with E-state index in [9.17, 15) is 13.2 Å². The minimum absolute atomic E-state index is 0.159. The summed E-state index contributed by atoms with van der Waals surface area (Å²) in [5, 5.41) is 2.83. The number of fused-ring (bicyclic) bond motifs is 4. The molecule has 7 rings (SSSR count). The van der Waals surface area contributed by atoms with Crippen LogP contribution in [-0.2, 0) is 32.2 Å². The van der Waals surface area contributed by atoms with Gasteiger partial charge < -0.3 is 14.4 Å². The number of hydrogen-bond donors (Lipinski definition) is 1. The lowest BCUT2D eigenvalue weighted by molar-refractivity contribution is -0.0805. The molecule has 1 N–H and O–H groups in total. The molecule has 47 heavy (non-hydrogen) atoms. The van der Waals surface area contributed by atoms with Crippen molar-refractivity contribution >= 4 is 44.6 Å². The first-order valence-electron chi connectivity index (χ1n) is 16.5. The number of halogens is 1. The zero-order valence-corrected chi connectivity index (χ0v) is 29.5. The van der Waals surface area contributed by atoms with Gasteiger partial charge in [0, 0.05) is 53.7 Å². The van der Waals surface area contributed by atoms with Gasteiger partial charge in [-0.3, -0.25) is 4.79 Å². The third kappa shape index (κ3) is 5.79. The topological polar surface area (TPSA) is 97.8 Å². The standard InChI is InChI=1S/C36H42ClN3O5S2/c1-23-6-4-15-36(44-3,34-38-16-17-46-34)30-11-8-27(30)20-40-21-35(14-5-7-25-18-28(37)10-12-29(25)35)22-45-32-13-9-26(19-31(32)40)33(41)39-47(42,43)24(23)2/h4,9-10,12-13,15-19,23-24,27,30H,5-8,11,14,20-22H2,1-3H3,(H,39,41)/b15-4+/t23-,24+,27-,30+,35-,36+/m0/s1. The lowest BCUT2D eigenvalue weighted by Crippen LogP contribution is -2.52. The summed E-state index contributed by atoms with van der Waals surface area (Å²) in [5.74, 6) is 0.260. The first-order valence-corrected chi connectivity index (χ1v) is 19.3. The number of methoxy groups -OCH3 is 1. The summed E-state index contributed by atoms with van der Waals surface area (Å²) in [6.07, 6.45) is 11.5. The maximum atomic E-state index is 13.5. The van der Waals surface area contributed by atoms with Gasteiger partial charge in [0.05, 0.1) is 17.5 Å². The second-order valence-electron chi connectivity index (χ2n) is 13.9. The number of ether oxygens (including phenoxy) is 2. The van der Waals surface area contributed by atoms with Gasteiger partial charge in [0.25, 0.3) is 5.91 Å². The molecule has 3 heterocycles. The van der Waals surface area contributed by atoms with Gasteiger partial charge in [-0.1, -0.05) is 30.7 Å². The van der Waals surface area contributed by atoms with Crippen molar-refractivity contribution in [2.75, 3.05) is 31.7 Å². The van der Waals surface area contributed by atoms with E-state index in [0.717, 1.165) is 54.4 Å². The monoisotopic (exact) mass is 695 g/mol. The third-order valence-electron chi connectivity index (χ3n) is 11.2. The molecule has 11 heteroatoms. The Hall–Kier alpha value is -2.92. The molecule has 8 nitrogen and oxygen atoms in total. The maximum absolute atomic E-state index is 13.5. The lowest BCUT2D eigenvalue weighted by Gasteiger charge is -2.49. The van der Waals surface area contributed by atoms with Crippen LogP contribution in [0, 0.1) is 17.8 Å². The fourth-order valence-corrected chi connectivity index (χ4v) is 10.5. The summed E-state index contributed by atoms with van der Waals surface area (Å²) >= 11 is 8.04. The van der Waals surface area contributed by atoms with Gasteiger partial charge in [-0.2, -0.15) is 0 Å². The Morgan fingerprint density at radius 1 is 1.17 bits per heavy atom. The van der Waals surface area contributed by atoms with Gasteiger partial charge in [-0.15, -0.1) is 11.3 Å². The van der Waals surface area contributed by atoms with Gasteiger partial charge in [-0.05, 0) is 105 Å². The minimum atomic E-state index is -3.95. The number of rotatable bonds is 2. The first-order chi connectivity index (χ1) is 22.5. The Kier molecular flexibility index (Phi) is 8.68. The number of sulfonamides is 1. The summed E-state index contributed by atoms with van der Waals surface area (Å²) in [7, 11) is -2.20. The molecule has 1 saturated carbocycles. The van der Waals surface area contributed by atoms with Crippen molar-refractivity contribution in [3.8, 4) is 5.75 Å². The molecule has 0 unspecified atom stereocenters. The number of allylic oxidation sites excluding steroid dienone is 1. The van der Waals surface area contributed by atoms with E-state index in [1.165, 1.54) is 11.1 Å². The first kappa shape index (κ1) is 32.6. The molecule has 2 bridgehead atoms. The van der Waals surface area contributed by atoms with Crippen LogP contribution in [0.2, 0.25) is 5.02 Å². The Morgan fingerprint density at radius 3 is 2.77 bits per heavy atom. The molecule has 0 saturated heterocycles. The molecule has 6 atom stereocenters. The molecule has 1 aromatic heterocycles. The predicted octanol–water partition coefficient (Wildman–Crippen LogP) is 6.88. The Labute approximate surface area is 286 Å². The van der Waals surface area contributed by atoms with E-state index in [1.807, 2.05) is 42.8 Å². The second-order valence-corrected chi connectivity index (χ2v) is 17.2. The molecule has 2 aliphatic heterocycles. The number of aromatic nitrogens is 1. The fraction of sp³-hybridized carbons (Fsp3) is 0.500. The molecule has 0 radical (unpaired) electrons. The number of nitrogens with one attached hydrogen (secondary N) is 1. The number of anilines is 1. The van der Waals surface area contributed by atoms with E-state index < -0.39 is 26.8 Å². The zero-order valence-electron chi connectivity index (χ0n) is 27.1. The number of carbonyl (C=O) groups is 1. The highest BCUT2D eigenvalue weighted by Crippen LogP contribution is 2.52. The number of amides is 1. The Bertz CT molecular complexity index is 1800. The molecule has 250 valence electrons. The quantitative estimate of drug-likeness (QED) is 0.292. The number of carbonyl (C=O) groups excluding carboxylic acids is 1. The van der Waals surface area contributed by atoms with E-state index in [1.54, 1.807) is 31.4 Å². The third-order valence-corrected chi connectivity index (χ3v) is 14.3. The van der Waals surface area contributed by atoms with Gasteiger partial charge in [0.2, 0.25) is 10.0 Å². The lowest BCUT2D eigenvalue weighted by atomic mass is 9.64. The van der Waals surface area contributed by atoms with E-state index in [-0.39, 0.29) is 23.2 Å². The van der Waals surface area contributed by atoms with Crippen LogP contribution in [0.15, 0.2) is 60.1 Å². The van der Waals surface area contributed by atoms with Crippen LogP contribution in [0.3, 0.4) is 0 Å². The van der Waals surface area contributed by atoms with Crippen LogP contribution in [0.25, 0.3) is 0 Å². The number of aryl methyl sites for hydroxylation is 1. The van der Waals surface area contributed by atoms with Gasteiger partial charge in [0.1, 0.15) is 16.4 Å². The van der Waals surface area contributed by atoms with Crippen molar-refractivity contribution in [1.29, 1.82) is 0 Å². The number of thiazole rings is 1. The van der Waals surface area contributed by atoms with E-state index >= 15 is 0 Å². The molecule has 4 aliphatic rings. The van der Waals surface area contributed by atoms with Crippen molar-refractivity contribution in [3.05, 3.63) is 86.8 Å². The van der Waals surface area contributed by atoms with Crippen molar-refractivity contribution in [1.82, 2.24) is 9.71 Å². The molecule has 2 aromatic carbocycles. The van der Waals surface area contributed by atoms with Gasteiger partial charge in [-0.25, -0.2) is 18.1 Å². The SMILES string of the molecule is CO[C@]1(c2nccs2)/C=C/C[C@H](C)[C@@H](C)S(=O)(=O)NC(=O)c2ccc3c(c2)N(C[C@@H]2CC[C@H]21)C[C@@]1(CCCc2cc(Cl)ccc21)CO3. The van der Waals surface area contributed by atoms with Crippen LogP contribution >= 0.6 is 22.9 Å². The van der Waals surface area contributed by atoms with Crippen LogP contribution in [0.4, 0.5) is 5.69 Å². The average Bonchev–Trinajstić information content (AvgIpc) is 3.54. The average molecular weight is 696 g/mol. The molecule has 1 amide bonds. The Morgan fingerprint density at radius 2 is 2.02 bits per heavy atom. The second kappa shape index (κ2) is 12.5. The molecule has 1 fully saturated rings. The molecular formula is C36H42ClN3O5S2. The molecular weight excluding hydrogens is 654 g/mol. The van der Waals surface area contributed by atoms with Crippen LogP contribution in [0.5, 0.6) is 5.75 Å². The number of nitrogens with zero attached hydrogens (tertiary/aromatic N) is 2. The summed E-state index contributed by atoms with van der Waals surface area (Å²) in [6, 6.07) is 11.5. The van der Waals surface area contributed by atoms with Gasteiger partial charge in [0.15, 0.2) is 0 Å². The summed E-state index contributed by atoms with van der Waals surface area (Å²) in [4.78, 5) is 20.7. The summed E-state index contributed by atoms with van der Waals surface area (Å²) in [5.41, 5.74) is 2.61. The van der Waals surface area contributed by atoms with Crippen molar-refractivity contribution in [2.24, 2.45) is 17.8 Å². The van der Waals surface area contributed by atoms with Crippen LogP contribution < -0.4 is 14.4 Å². The highest BCUT2D eigenvalue weighted by Gasteiger charge is 2.51. The molecule has 2 aliphatic carbocycles. The highest BCUT2D eigenvalue weighted by atomic mass is 35.5. The molecule has 1 spiro atoms. The normalized spacial score (nSPS) is 32.6. The number of benzene rings is 2. The zero-order chi connectivity index (χ0) is 33.0. The van der Waals surface area contributed by atoms with Crippen molar-refractivity contribution in [3.63, 3.8) is 0 Å². The highest BCUT2D eigenvalue weighted by molar-refractivity contribution is 7.90. The van der Waals surface area contributed by atoms with E-state index in [2.05, 4.69) is 27.8 Å². The van der Waals surface area contributed by atoms with Crippen LogP contribution in [-0.4, -0.2) is 51.4 Å². The van der Waals surface area contributed by atoms with Crippen LogP contribution in [0.1, 0.15) is 72.4 Å². The predicted molar refractivity (Wildman–Crippen MR) is 186 cm³/mol. The van der Waals surface area contributed by atoms with Crippen molar-refractivity contribution in [2.45, 2.75) is 68.6 Å². The van der Waals surface area contributed by atoms with Crippen molar-refractivity contribution < 1.29 is 22.7 Å². The number of hydrogen-bond acceptors (Lipinski definition) is 8. The minimum Gasteiger partial charge on any atom is -0.490 e.